The summed E-state index contributed by atoms with van der Waals surface area (Å²) in [5, 5.41) is 391. The molecule has 10 saturated heterocycles. The fourth-order valence-electron chi connectivity index (χ4n) is 17.2. The molecular formula is C73H124N3O61P. The predicted molar refractivity (Wildman–Crippen MR) is 417 cm³/mol. The molecule has 10 aliphatic heterocycles. The van der Waals surface area contributed by atoms with Gasteiger partial charge in [-0.1, -0.05) is 0 Å². The standard InChI is InChI=1S/C73H124N3O61P/c1-17(87)75-31-19(89)6-73(71(112)113,135-54(31)33(94)21(91)7-77)136-58-48(109)66(123-29(15-85)52(58)126-62-32(76-18(2)88)39(100)34(95)24(10-80)118-62)128-55-38(99)28(14-84)122-68(60(55)132-64-44(105)41(102)36(97)26(12-82)120-64)129-56-46(107)49(22(92)8-78)124-69(61(56)133-65-45(106)42(103)37(98)27(13-83)121-65)130-57-47(108)67(125-50-20(90)5-72(114,70(110)111)134-51(50)23(93)9-79)127-53(30(16-86)137-138(115,116)117-4-3-74)59(57)131-63-43(104)40(101)35(96)25(11-81)119-63/h19-69,77-86,89-109,114H,3-16,74H2,1-2H3,(H,75,87)(H,76,88)(H,110,111)(H,112,113)(H,115,116)/t19-,20+,21+,22-,23+,24+,25+,26+,27+,28+,29+,30-,31+,32+,33+,34-,35+,36-,37+,38-,39+,40-,41-,42-,43+,44+,45+,46+,47-,48+,49+,50+,51+,52-,53+,54+,55-,56-,57+,58+,59+,60+,61-,62-,63-,64+,65-,66-,67-,68-,69+,72+,73-/m0/s1. The molecule has 10 fully saturated rings. The third-order valence-electron chi connectivity index (χ3n) is 24.5. The number of rotatable bonds is 42. The Kier molecular flexibility index (Phi) is 41.6. The van der Waals surface area contributed by atoms with Crippen LogP contribution in [0, 0.1) is 0 Å². The summed E-state index contributed by atoms with van der Waals surface area (Å²) in [6.45, 7) is -14.2. The Morgan fingerprint density at radius 3 is 1.22 bits per heavy atom. The van der Waals surface area contributed by atoms with Crippen molar-refractivity contribution in [1.29, 1.82) is 0 Å². The Labute approximate surface area is 777 Å². The minimum Gasteiger partial charge on any atom is -0.477 e. The van der Waals surface area contributed by atoms with Gasteiger partial charge in [-0.15, -0.1) is 0 Å². The maximum absolute atomic E-state index is 14.1. The molecule has 0 aromatic carbocycles. The van der Waals surface area contributed by atoms with Gasteiger partial charge in [-0.25, -0.2) is 14.2 Å². The number of ether oxygens (including phenoxy) is 19. The normalized spacial score (nSPS) is 47.0. The minimum atomic E-state index is -5.77. The Hall–Kier alpha value is -4.09. The van der Waals surface area contributed by atoms with Gasteiger partial charge in [0.2, 0.25) is 11.8 Å². The first-order valence-corrected chi connectivity index (χ1v) is 44.5. The smallest absolute Gasteiger partial charge is 0.472 e. The number of amides is 2. The van der Waals surface area contributed by atoms with Crippen molar-refractivity contribution in [2.45, 2.75) is 351 Å². The average molecular weight is 2050 g/mol. The van der Waals surface area contributed by atoms with Crippen LogP contribution in [0.5, 0.6) is 0 Å². The van der Waals surface area contributed by atoms with E-state index in [1.54, 1.807) is 0 Å². The topological polar surface area (TPSA) is 1040 Å². The number of hydrogen-bond donors (Lipinski definition) is 38. The van der Waals surface area contributed by atoms with Crippen molar-refractivity contribution in [3.05, 3.63) is 0 Å². The Morgan fingerprint density at radius 1 is 0.377 bits per heavy atom. The van der Waals surface area contributed by atoms with Crippen LogP contribution in [0.3, 0.4) is 0 Å². The molecule has 0 aromatic rings. The van der Waals surface area contributed by atoms with Crippen molar-refractivity contribution in [3.63, 3.8) is 0 Å². The van der Waals surface area contributed by atoms with E-state index in [1.807, 2.05) is 0 Å². The van der Waals surface area contributed by atoms with Gasteiger partial charge in [0.25, 0.3) is 11.6 Å². The van der Waals surface area contributed by atoms with Gasteiger partial charge in [0.15, 0.2) is 50.3 Å². The lowest BCUT2D eigenvalue weighted by Gasteiger charge is -2.54. The van der Waals surface area contributed by atoms with Crippen LogP contribution in [0.25, 0.3) is 0 Å². The first-order valence-electron chi connectivity index (χ1n) is 43.0. The second kappa shape index (κ2) is 49.6. The van der Waals surface area contributed by atoms with Gasteiger partial charge in [0, 0.05) is 33.2 Å². The Bertz CT molecular complexity index is 3860. The second-order valence-corrected chi connectivity index (χ2v) is 35.4. The summed E-state index contributed by atoms with van der Waals surface area (Å²) in [4.78, 5) is 63.4. The summed E-state index contributed by atoms with van der Waals surface area (Å²) < 4.78 is 139. The van der Waals surface area contributed by atoms with Crippen molar-refractivity contribution < 1.29 is 301 Å². The van der Waals surface area contributed by atoms with Gasteiger partial charge in [0.1, 0.15) is 244 Å². The van der Waals surface area contributed by atoms with E-state index in [1.165, 1.54) is 0 Å². The lowest BCUT2D eigenvalue weighted by Crippen LogP contribution is -2.72. The molecule has 0 spiro atoms. The lowest BCUT2D eigenvalue weighted by molar-refractivity contribution is -0.431. The van der Waals surface area contributed by atoms with E-state index in [-0.39, 0.29) is 0 Å². The predicted octanol–water partition coefficient (Wildman–Crippen LogP) is -24.6. The second-order valence-electron chi connectivity index (χ2n) is 34.0. The third kappa shape index (κ3) is 25.3. The highest BCUT2D eigenvalue weighted by Gasteiger charge is 2.67. The van der Waals surface area contributed by atoms with Gasteiger partial charge in [0.05, 0.1) is 90.9 Å². The van der Waals surface area contributed by atoms with Gasteiger partial charge in [-0.05, 0) is 0 Å². The number of carbonyl (C=O) groups excluding carboxylic acids is 2. The summed E-state index contributed by atoms with van der Waals surface area (Å²) in [6.07, 6.45) is -131. The van der Waals surface area contributed by atoms with Crippen LogP contribution < -0.4 is 16.4 Å². The zero-order valence-corrected chi connectivity index (χ0v) is 73.5. The molecule has 138 heavy (non-hydrogen) atoms. The summed E-state index contributed by atoms with van der Waals surface area (Å²) >= 11 is 0. The molecule has 54 atom stereocenters. The first kappa shape index (κ1) is 116. The molecule has 10 heterocycles. The molecule has 0 aliphatic carbocycles. The summed E-state index contributed by atoms with van der Waals surface area (Å²) in [5.41, 5.74) is 5.53. The molecule has 10 rings (SSSR count). The van der Waals surface area contributed by atoms with E-state index in [9.17, 15) is 202 Å². The molecule has 65 heteroatoms. The SMILES string of the molecule is CC(=O)N[C@H]1[C@H](O[C@@H]2[C@H](O[C@]3(C(=O)O)C[C@H](O)[C@@H](NC(C)=O)[C@H]([C@H](O)[C@H](O)CO)O3)[C@@H](O)[C@H](O[C@H]3[C@@H](O)[C@@H](CO)O[C@@H](O[C@H]4[C@H](O)[C@@H]([C@@H](O)CO)O[C@H](O[C@@H]5[C@H](O)[C@@H](O[C@H]6[C@@H]([C@H](O)CO)O[C@@](O)(C(=O)O)C[C@H]6O)O[C@H]([C@H](CO)OP(=O)(O)OCCN)[C@H]5O[C@@H]5O[C@H](CO)[C@@H](O)[C@H](O)[C@H]5O)[C@H]4O[C@@H]4O[C@H](CO)[C@@H](O)[C@H](O)[C@H]4O)[C@@H]3O[C@H]3O[C@H](CO)[C@H](O)[C@H](O)[C@H]3O)O[C@@H]2CO)O[C@H](CO)[C@H](O)[C@@H]1O. The average Bonchev–Trinajstić information content (AvgIpc) is 0.744. The number of carboxylic acids is 2. The monoisotopic (exact) mass is 2050 g/mol. The number of nitrogens with one attached hydrogen (secondary N) is 2. The number of nitrogens with two attached hydrogens (primary N) is 1. The zero-order valence-electron chi connectivity index (χ0n) is 72.6. The summed E-state index contributed by atoms with van der Waals surface area (Å²) in [5.74, 6) is -13.9. The summed E-state index contributed by atoms with van der Waals surface area (Å²) in [6, 6.07) is -4.03. The Morgan fingerprint density at radius 2 is 0.761 bits per heavy atom. The van der Waals surface area contributed by atoms with Crippen LogP contribution in [0.2, 0.25) is 0 Å². The quantitative estimate of drug-likeness (QED) is 0.0252. The van der Waals surface area contributed by atoms with Gasteiger partial charge in [-0.3, -0.25) is 18.6 Å². The van der Waals surface area contributed by atoms with Crippen LogP contribution in [-0.4, -0.2) is 606 Å². The zero-order chi connectivity index (χ0) is 102. The number of aliphatic hydroxyl groups excluding tert-OH is 31. The van der Waals surface area contributed by atoms with Crippen LogP contribution in [0.4, 0.5) is 0 Å². The van der Waals surface area contributed by atoms with Crippen LogP contribution in [0.15, 0.2) is 0 Å². The first-order chi connectivity index (χ1) is 65.0. The van der Waals surface area contributed by atoms with Crippen molar-refractivity contribution in [3.8, 4) is 0 Å². The molecule has 10 aliphatic rings. The van der Waals surface area contributed by atoms with Gasteiger partial charge >= 0.3 is 19.8 Å². The van der Waals surface area contributed by atoms with Crippen molar-refractivity contribution >= 4 is 31.6 Å². The molecule has 802 valence electrons. The Balaban J connectivity index is 1.18. The van der Waals surface area contributed by atoms with Crippen molar-refractivity contribution in [2.75, 3.05) is 79.2 Å². The van der Waals surface area contributed by atoms with E-state index >= 15 is 0 Å². The van der Waals surface area contributed by atoms with Crippen LogP contribution in [0.1, 0.15) is 26.7 Å². The van der Waals surface area contributed by atoms with E-state index in [0.29, 0.717) is 0 Å². The molecule has 0 radical (unpaired) electrons. The fourth-order valence-corrected chi connectivity index (χ4v) is 18.1. The molecule has 64 nitrogen and oxygen atoms in total. The molecule has 0 saturated carbocycles. The van der Waals surface area contributed by atoms with E-state index < -0.39 is 448 Å². The maximum Gasteiger partial charge on any atom is 0.472 e. The minimum absolute atomic E-state index is 0.569. The highest BCUT2D eigenvalue weighted by molar-refractivity contribution is 7.47. The molecule has 0 bridgehead atoms. The number of aliphatic carboxylic acids is 2. The third-order valence-corrected chi connectivity index (χ3v) is 25.6. The van der Waals surface area contributed by atoms with Crippen LogP contribution in [-0.2, 0) is 123 Å². The molecule has 2 amide bonds. The molecular weight excluding hydrogens is 1930 g/mol. The number of hydrogen-bond acceptors (Lipinski definition) is 59. The van der Waals surface area contributed by atoms with Crippen LogP contribution >= 0.6 is 7.82 Å². The largest absolute Gasteiger partial charge is 0.477 e. The summed E-state index contributed by atoms with van der Waals surface area (Å²) in [7, 11) is -5.77. The molecule has 1 unspecified atom stereocenters. The van der Waals surface area contributed by atoms with Crippen molar-refractivity contribution in [1.82, 2.24) is 10.6 Å². The highest BCUT2D eigenvalue weighted by atomic mass is 31.2. The number of carbonyl (C=O) groups is 4. The van der Waals surface area contributed by atoms with Gasteiger partial charge in [-0.2, -0.15) is 0 Å². The van der Waals surface area contributed by atoms with E-state index in [2.05, 4.69) is 10.6 Å². The maximum atomic E-state index is 14.1. The number of carboxylic acid groups (broad SMARTS) is 2. The number of aliphatic hydroxyl groups is 32. The number of phosphoric ester groups is 1. The fraction of sp³-hybridized carbons (Fsp3) is 0.945. The van der Waals surface area contributed by atoms with Crippen molar-refractivity contribution in [2.24, 2.45) is 5.73 Å². The van der Waals surface area contributed by atoms with E-state index in [0.717, 1.165) is 13.8 Å². The van der Waals surface area contributed by atoms with E-state index in [4.69, 9.17) is 105 Å². The number of phosphoric acid groups is 1. The lowest BCUT2D eigenvalue weighted by atomic mass is 9.88. The highest BCUT2D eigenvalue weighted by Crippen LogP contribution is 2.49. The van der Waals surface area contributed by atoms with Gasteiger partial charge < -0.3 is 285 Å². The molecule has 0 aromatic heterocycles. The molecule has 39 N–H and O–H groups in total.